The molecule has 2 N–H and O–H groups in total. The van der Waals surface area contributed by atoms with Gasteiger partial charge in [0.05, 0.1) is 11.6 Å². The first-order valence-electron chi connectivity index (χ1n) is 15.2. The maximum absolute atomic E-state index is 12.3. The first kappa shape index (κ1) is 34.2. The molecule has 5 rings (SSSR count). The van der Waals surface area contributed by atoms with Gasteiger partial charge in [-0.25, -0.2) is 17.5 Å². The van der Waals surface area contributed by atoms with Crippen LogP contribution in [0.3, 0.4) is 0 Å². The normalized spacial score (nSPS) is 15.1. The Morgan fingerprint density at radius 1 is 1.10 bits per heavy atom. The maximum Gasteiger partial charge on any atom is 0.510 e. The van der Waals surface area contributed by atoms with E-state index in [-0.39, 0.29) is 30.5 Å². The Morgan fingerprint density at radius 2 is 1.85 bits per heavy atom. The summed E-state index contributed by atoms with van der Waals surface area (Å²) in [5.41, 5.74) is 1.84. The van der Waals surface area contributed by atoms with Gasteiger partial charge in [0, 0.05) is 55.5 Å². The summed E-state index contributed by atoms with van der Waals surface area (Å²) in [4.78, 5) is 35.5. The minimum Gasteiger partial charge on any atom is -0.438 e. The van der Waals surface area contributed by atoms with Gasteiger partial charge in [-0.2, -0.15) is 9.97 Å². The van der Waals surface area contributed by atoms with E-state index in [1.165, 1.54) is 16.6 Å². The highest BCUT2D eigenvalue weighted by atomic mass is 32.2. The van der Waals surface area contributed by atoms with Gasteiger partial charge >= 0.3 is 6.16 Å². The average molecular weight is 678 g/mol. The Kier molecular flexibility index (Phi) is 9.91. The molecule has 1 amide bonds. The zero-order valence-corrected chi connectivity index (χ0v) is 28.3. The number of nitrogens with one attached hydrogen (secondary N) is 2. The predicted molar refractivity (Wildman–Crippen MR) is 183 cm³/mol. The lowest BCUT2D eigenvalue weighted by atomic mass is 10.2. The molecule has 1 atom stereocenters. The van der Waals surface area contributed by atoms with Crippen LogP contribution in [0.1, 0.15) is 27.2 Å². The second-order valence-corrected chi connectivity index (χ2v) is 14.3. The highest BCUT2D eigenvalue weighted by molar-refractivity contribution is 7.88. The van der Waals surface area contributed by atoms with E-state index in [1.807, 2.05) is 31.3 Å². The van der Waals surface area contributed by atoms with E-state index in [4.69, 9.17) is 19.2 Å². The van der Waals surface area contributed by atoms with Gasteiger partial charge in [-0.05, 0) is 75.7 Å². The Bertz CT molecular complexity index is 1920. The molecule has 0 radical (unpaired) electrons. The molecule has 2 aromatic carbocycles. The van der Waals surface area contributed by atoms with Crippen LogP contribution in [0.25, 0.3) is 11.0 Å². The van der Waals surface area contributed by atoms with E-state index >= 15 is 0 Å². The summed E-state index contributed by atoms with van der Waals surface area (Å²) in [6.45, 7) is 9.49. The molecule has 0 spiro atoms. The maximum atomic E-state index is 12.3. The third kappa shape index (κ3) is 8.60. The zero-order valence-electron chi connectivity index (χ0n) is 27.5. The van der Waals surface area contributed by atoms with Gasteiger partial charge in [-0.15, -0.1) is 0 Å². The van der Waals surface area contributed by atoms with Crippen molar-refractivity contribution in [1.29, 1.82) is 0 Å². The molecule has 1 fully saturated rings. The number of likely N-dealkylation sites (N-methyl/N-ethyl adjacent to an activating group) is 1. The molecule has 48 heavy (non-hydrogen) atoms. The van der Waals surface area contributed by atoms with Crippen LogP contribution >= 0.6 is 0 Å². The summed E-state index contributed by atoms with van der Waals surface area (Å²) in [5.74, 6) is 0.487. The number of sulfonamides is 1. The number of hydrogen-bond acceptors (Lipinski definition) is 11. The average Bonchev–Trinajstić information content (AvgIpc) is 3.68. The van der Waals surface area contributed by atoms with Gasteiger partial charge in [-0.3, -0.25) is 9.36 Å². The number of rotatable bonds is 11. The summed E-state index contributed by atoms with van der Waals surface area (Å²) >= 11 is 0. The Hall–Kier alpha value is -5.15. The fourth-order valence-corrected chi connectivity index (χ4v) is 5.95. The number of carbonyl (C=O) groups excluding carboxylic acids is 2. The largest absolute Gasteiger partial charge is 0.510 e. The van der Waals surface area contributed by atoms with Crippen LogP contribution in [0.4, 0.5) is 27.8 Å². The molecular weight excluding hydrogens is 638 g/mol. The van der Waals surface area contributed by atoms with Crippen molar-refractivity contribution in [2.75, 3.05) is 41.9 Å². The summed E-state index contributed by atoms with van der Waals surface area (Å²) in [6.07, 6.45) is 4.02. The van der Waals surface area contributed by atoms with Crippen molar-refractivity contribution in [2.24, 2.45) is 0 Å². The molecule has 254 valence electrons. The van der Waals surface area contributed by atoms with E-state index in [0.29, 0.717) is 41.2 Å². The van der Waals surface area contributed by atoms with Crippen LogP contribution in [0.15, 0.2) is 73.4 Å². The molecule has 3 heterocycles. The monoisotopic (exact) mass is 677 g/mol. The molecule has 14 nitrogen and oxygen atoms in total. The number of anilines is 4. The van der Waals surface area contributed by atoms with Gasteiger partial charge in [0.25, 0.3) is 0 Å². The lowest BCUT2D eigenvalue weighted by molar-refractivity contribution is -0.111. The molecule has 1 saturated heterocycles. The van der Waals surface area contributed by atoms with Gasteiger partial charge in [0.2, 0.25) is 27.8 Å². The lowest BCUT2D eigenvalue weighted by Gasteiger charge is -2.27. The molecule has 0 bridgehead atoms. The van der Waals surface area contributed by atoms with Crippen LogP contribution in [-0.4, -0.2) is 77.4 Å². The minimum atomic E-state index is -3.23. The smallest absolute Gasteiger partial charge is 0.438 e. The standard InChI is InChI=1S/C33H39N7O7S/c1-7-28(41)34-23-9-8-10-26(19-23)46-30-27-16-17-39(21-45-32(42)47-33(2,3)4)29(27)36-31(37-30)35-22-11-13-24(14-12-22)38(5)25-15-18-40(20-25)48(6,43)44/h7-14,16-17,19,25H,1,15,18,20-21H2,2-6H3,(H,34,41)(H,35,36,37)/t25-/m0/s1. The number of carbonyl (C=O) groups is 2. The van der Waals surface area contributed by atoms with Crippen LogP contribution in [0, 0.1) is 0 Å². The number of aromatic nitrogens is 3. The van der Waals surface area contributed by atoms with Crippen molar-refractivity contribution >= 4 is 56.1 Å². The quantitative estimate of drug-likeness (QED) is 0.153. The number of nitrogens with zero attached hydrogens (tertiary/aromatic N) is 5. The third-order valence-corrected chi connectivity index (χ3v) is 8.74. The highest BCUT2D eigenvalue weighted by Gasteiger charge is 2.31. The summed E-state index contributed by atoms with van der Waals surface area (Å²) in [7, 11) is -1.29. The summed E-state index contributed by atoms with van der Waals surface area (Å²) in [6, 6.07) is 16.2. The van der Waals surface area contributed by atoms with Crippen molar-refractivity contribution in [3.63, 3.8) is 0 Å². The highest BCUT2D eigenvalue weighted by Crippen LogP contribution is 2.32. The fourth-order valence-electron chi connectivity index (χ4n) is 5.07. The molecule has 2 aromatic heterocycles. The van der Waals surface area contributed by atoms with Crippen LogP contribution in [-0.2, 0) is 31.0 Å². The van der Waals surface area contributed by atoms with Gasteiger partial charge in [0.1, 0.15) is 11.4 Å². The van der Waals surface area contributed by atoms with Crippen molar-refractivity contribution in [3.05, 3.63) is 73.4 Å². The molecule has 15 heteroatoms. The number of hydrogen-bond donors (Lipinski definition) is 2. The minimum absolute atomic E-state index is 0.0586. The second kappa shape index (κ2) is 13.9. The number of benzene rings is 2. The Balaban J connectivity index is 1.40. The number of ether oxygens (including phenoxy) is 3. The van der Waals surface area contributed by atoms with Crippen molar-refractivity contribution < 1.29 is 32.2 Å². The molecule has 1 aliphatic heterocycles. The van der Waals surface area contributed by atoms with E-state index in [1.54, 1.807) is 61.9 Å². The van der Waals surface area contributed by atoms with Crippen molar-refractivity contribution in [3.8, 4) is 11.6 Å². The Labute approximate surface area is 279 Å². The fraction of sp³-hybridized carbons (Fsp3) is 0.333. The topological polar surface area (TPSA) is 157 Å². The van der Waals surface area contributed by atoms with E-state index < -0.39 is 21.8 Å². The SMILES string of the molecule is C=CC(=O)Nc1cccc(Oc2nc(Nc3ccc(N(C)[C@H]4CCN(S(C)(=O)=O)C4)cc3)nc3c2ccn3COC(=O)OC(C)(C)C)c1. The molecular formula is C33H39N7O7S. The van der Waals surface area contributed by atoms with E-state index in [9.17, 15) is 18.0 Å². The molecule has 0 saturated carbocycles. The first-order chi connectivity index (χ1) is 22.7. The van der Waals surface area contributed by atoms with Crippen LogP contribution in [0.2, 0.25) is 0 Å². The third-order valence-electron chi connectivity index (χ3n) is 7.47. The Morgan fingerprint density at radius 3 is 2.52 bits per heavy atom. The predicted octanol–water partition coefficient (Wildman–Crippen LogP) is 5.47. The summed E-state index contributed by atoms with van der Waals surface area (Å²) < 4.78 is 43.9. The van der Waals surface area contributed by atoms with Crippen LogP contribution < -0.4 is 20.3 Å². The van der Waals surface area contributed by atoms with Gasteiger partial charge < -0.3 is 29.7 Å². The first-order valence-corrected chi connectivity index (χ1v) is 17.0. The summed E-state index contributed by atoms with van der Waals surface area (Å²) in [5, 5.41) is 6.47. The van der Waals surface area contributed by atoms with E-state index in [0.717, 1.165) is 12.1 Å². The van der Waals surface area contributed by atoms with Crippen molar-refractivity contribution in [2.45, 2.75) is 45.6 Å². The molecule has 1 aliphatic rings. The number of amides is 1. The second-order valence-electron chi connectivity index (χ2n) is 12.3. The number of fused-ring (bicyclic) bond motifs is 1. The van der Waals surface area contributed by atoms with Crippen LogP contribution in [0.5, 0.6) is 11.6 Å². The van der Waals surface area contributed by atoms with Crippen molar-refractivity contribution in [1.82, 2.24) is 18.8 Å². The van der Waals surface area contributed by atoms with Gasteiger partial charge in [-0.1, -0.05) is 12.6 Å². The lowest BCUT2D eigenvalue weighted by Crippen LogP contribution is -2.36. The molecule has 0 aliphatic carbocycles. The zero-order chi connectivity index (χ0) is 34.6. The van der Waals surface area contributed by atoms with Gasteiger partial charge in [0.15, 0.2) is 12.4 Å². The molecule has 0 unspecified atom stereocenters. The van der Waals surface area contributed by atoms with E-state index in [2.05, 4.69) is 27.1 Å². The molecule has 4 aromatic rings.